The summed E-state index contributed by atoms with van der Waals surface area (Å²) >= 11 is 3.55. The quantitative estimate of drug-likeness (QED) is 0.886. The first-order valence-electron chi connectivity index (χ1n) is 6.24. The van der Waals surface area contributed by atoms with Crippen molar-refractivity contribution in [2.75, 3.05) is 6.54 Å². The van der Waals surface area contributed by atoms with Crippen LogP contribution in [0.2, 0.25) is 0 Å². The van der Waals surface area contributed by atoms with E-state index in [1.54, 1.807) is 0 Å². The molecule has 0 amide bonds. The fourth-order valence-electron chi connectivity index (χ4n) is 2.65. The summed E-state index contributed by atoms with van der Waals surface area (Å²) in [7, 11) is 0. The van der Waals surface area contributed by atoms with Crippen LogP contribution in [0.4, 0.5) is 0 Å². The van der Waals surface area contributed by atoms with E-state index in [0.29, 0.717) is 5.54 Å². The van der Waals surface area contributed by atoms with Crippen LogP contribution in [-0.4, -0.2) is 12.1 Å². The lowest BCUT2D eigenvalue weighted by Crippen LogP contribution is -2.49. The van der Waals surface area contributed by atoms with Crippen molar-refractivity contribution >= 4 is 15.9 Å². The summed E-state index contributed by atoms with van der Waals surface area (Å²) in [6.07, 6.45) is 6.40. The predicted molar refractivity (Wildman–Crippen MR) is 72.7 cm³/mol. The van der Waals surface area contributed by atoms with E-state index in [9.17, 15) is 0 Å². The molecule has 1 atom stereocenters. The third-order valence-electron chi connectivity index (χ3n) is 3.69. The van der Waals surface area contributed by atoms with E-state index >= 15 is 0 Å². The van der Waals surface area contributed by atoms with Crippen molar-refractivity contribution in [3.8, 4) is 0 Å². The van der Waals surface area contributed by atoms with Gasteiger partial charge in [0.25, 0.3) is 0 Å². The Morgan fingerprint density at radius 2 is 2.25 bits per heavy atom. The second-order valence-electron chi connectivity index (χ2n) is 4.82. The van der Waals surface area contributed by atoms with Crippen LogP contribution in [0.3, 0.4) is 0 Å². The van der Waals surface area contributed by atoms with Crippen LogP contribution >= 0.6 is 15.9 Å². The second-order valence-corrected chi connectivity index (χ2v) is 5.74. The molecule has 0 aromatic heterocycles. The topological polar surface area (TPSA) is 12.0 Å². The zero-order valence-electron chi connectivity index (χ0n) is 9.93. The van der Waals surface area contributed by atoms with Gasteiger partial charge in [0.05, 0.1) is 0 Å². The van der Waals surface area contributed by atoms with Gasteiger partial charge in [0, 0.05) is 10.0 Å². The van der Waals surface area contributed by atoms with Gasteiger partial charge >= 0.3 is 0 Å². The van der Waals surface area contributed by atoms with Gasteiger partial charge in [-0.25, -0.2) is 0 Å². The Kier molecular flexibility index (Phi) is 4.04. The van der Waals surface area contributed by atoms with Gasteiger partial charge in [0.1, 0.15) is 0 Å². The highest BCUT2D eigenvalue weighted by Crippen LogP contribution is 2.27. The zero-order valence-corrected chi connectivity index (χ0v) is 11.5. The number of hydrogen-bond donors (Lipinski definition) is 1. The van der Waals surface area contributed by atoms with Crippen LogP contribution in [0.25, 0.3) is 0 Å². The van der Waals surface area contributed by atoms with Crippen molar-refractivity contribution in [1.29, 1.82) is 0 Å². The highest BCUT2D eigenvalue weighted by Gasteiger charge is 2.29. The average Bonchev–Trinajstić information content (AvgIpc) is 2.30. The van der Waals surface area contributed by atoms with Crippen LogP contribution in [0.15, 0.2) is 28.7 Å². The summed E-state index contributed by atoms with van der Waals surface area (Å²) in [5.41, 5.74) is 1.78. The van der Waals surface area contributed by atoms with Gasteiger partial charge in [-0.05, 0) is 49.9 Å². The van der Waals surface area contributed by atoms with Crippen molar-refractivity contribution in [3.63, 3.8) is 0 Å². The van der Waals surface area contributed by atoms with Gasteiger partial charge < -0.3 is 5.32 Å². The molecule has 1 nitrogen and oxygen atoms in total. The number of benzene rings is 1. The smallest absolute Gasteiger partial charge is 0.0219 e. The molecule has 1 aromatic carbocycles. The number of nitrogens with one attached hydrogen (secondary N) is 1. The summed E-state index contributed by atoms with van der Waals surface area (Å²) in [5, 5.41) is 3.73. The molecule has 1 aliphatic heterocycles. The van der Waals surface area contributed by atoms with Gasteiger partial charge in [-0.2, -0.15) is 0 Å². The van der Waals surface area contributed by atoms with Crippen molar-refractivity contribution in [3.05, 3.63) is 34.3 Å². The lowest BCUT2D eigenvalue weighted by Gasteiger charge is -2.38. The van der Waals surface area contributed by atoms with E-state index in [2.05, 4.69) is 52.4 Å². The molecular weight excluding hydrogens is 262 g/mol. The third kappa shape index (κ3) is 2.86. The molecule has 1 aromatic rings. The SMILES string of the molecule is CCC1(Cc2cccc(Br)c2)CCCCN1. The summed E-state index contributed by atoms with van der Waals surface area (Å²) in [4.78, 5) is 0. The molecule has 1 aliphatic rings. The zero-order chi connectivity index (χ0) is 11.4. The highest BCUT2D eigenvalue weighted by atomic mass is 79.9. The van der Waals surface area contributed by atoms with Gasteiger partial charge in [0.2, 0.25) is 0 Å². The predicted octanol–water partition coefficient (Wildman–Crippen LogP) is 3.91. The molecule has 0 aliphatic carbocycles. The van der Waals surface area contributed by atoms with Crippen LogP contribution in [0, 0.1) is 0 Å². The van der Waals surface area contributed by atoms with Gasteiger partial charge in [-0.1, -0.05) is 41.4 Å². The fraction of sp³-hybridized carbons (Fsp3) is 0.571. The largest absolute Gasteiger partial charge is 0.311 e. The maximum atomic E-state index is 3.73. The third-order valence-corrected chi connectivity index (χ3v) is 4.18. The van der Waals surface area contributed by atoms with Crippen LogP contribution in [0.1, 0.15) is 38.2 Å². The molecule has 0 radical (unpaired) electrons. The molecule has 0 spiro atoms. The van der Waals surface area contributed by atoms with Crippen molar-refractivity contribution in [2.24, 2.45) is 0 Å². The van der Waals surface area contributed by atoms with Gasteiger partial charge in [-0.15, -0.1) is 0 Å². The molecule has 1 unspecified atom stereocenters. The molecular formula is C14H20BrN. The van der Waals surface area contributed by atoms with Crippen molar-refractivity contribution < 1.29 is 0 Å². The molecule has 1 N–H and O–H groups in total. The summed E-state index contributed by atoms with van der Waals surface area (Å²) in [6, 6.07) is 8.70. The molecule has 0 saturated carbocycles. The van der Waals surface area contributed by atoms with Crippen molar-refractivity contribution in [1.82, 2.24) is 5.32 Å². The molecule has 1 fully saturated rings. The summed E-state index contributed by atoms with van der Waals surface area (Å²) < 4.78 is 1.19. The minimum atomic E-state index is 0.346. The minimum absolute atomic E-state index is 0.346. The standard InChI is InChI=1S/C14H20BrN/c1-2-14(8-3-4-9-16-14)11-12-6-5-7-13(15)10-12/h5-7,10,16H,2-4,8-9,11H2,1H3. The maximum absolute atomic E-state index is 3.73. The highest BCUT2D eigenvalue weighted by molar-refractivity contribution is 9.10. The van der Waals surface area contributed by atoms with Crippen LogP contribution < -0.4 is 5.32 Å². The molecule has 2 heteroatoms. The minimum Gasteiger partial charge on any atom is -0.311 e. The van der Waals surface area contributed by atoms with E-state index in [4.69, 9.17) is 0 Å². The summed E-state index contributed by atoms with van der Waals surface area (Å²) in [6.45, 7) is 3.48. The molecule has 1 heterocycles. The van der Waals surface area contributed by atoms with Crippen molar-refractivity contribution in [2.45, 2.75) is 44.6 Å². The Morgan fingerprint density at radius 1 is 1.38 bits per heavy atom. The number of rotatable bonds is 3. The molecule has 1 saturated heterocycles. The van der Waals surface area contributed by atoms with E-state index < -0.39 is 0 Å². The molecule has 16 heavy (non-hydrogen) atoms. The fourth-order valence-corrected chi connectivity index (χ4v) is 3.09. The van der Waals surface area contributed by atoms with Crippen LogP contribution in [-0.2, 0) is 6.42 Å². The monoisotopic (exact) mass is 281 g/mol. The Labute approximate surface area is 107 Å². The Bertz CT molecular complexity index is 342. The Balaban J connectivity index is 2.11. The van der Waals surface area contributed by atoms with Gasteiger partial charge in [0.15, 0.2) is 0 Å². The number of hydrogen-bond acceptors (Lipinski definition) is 1. The first kappa shape index (κ1) is 12.1. The number of piperidine rings is 1. The number of halogens is 1. The first-order chi connectivity index (χ1) is 7.74. The normalized spacial score (nSPS) is 25.6. The van der Waals surface area contributed by atoms with Gasteiger partial charge in [-0.3, -0.25) is 0 Å². The molecule has 0 bridgehead atoms. The van der Waals surface area contributed by atoms with E-state index in [-0.39, 0.29) is 0 Å². The summed E-state index contributed by atoms with van der Waals surface area (Å²) in [5.74, 6) is 0. The molecule has 88 valence electrons. The Morgan fingerprint density at radius 3 is 2.88 bits per heavy atom. The van der Waals surface area contributed by atoms with E-state index in [1.165, 1.54) is 42.3 Å². The first-order valence-corrected chi connectivity index (χ1v) is 7.03. The second kappa shape index (κ2) is 5.33. The van der Waals surface area contributed by atoms with Crippen LogP contribution in [0.5, 0.6) is 0 Å². The average molecular weight is 282 g/mol. The Hall–Kier alpha value is -0.340. The lowest BCUT2D eigenvalue weighted by molar-refractivity contribution is 0.243. The maximum Gasteiger partial charge on any atom is 0.0219 e. The van der Waals surface area contributed by atoms with E-state index in [1.807, 2.05) is 0 Å². The van der Waals surface area contributed by atoms with E-state index in [0.717, 1.165) is 6.42 Å². The molecule has 2 rings (SSSR count). The lowest BCUT2D eigenvalue weighted by atomic mass is 9.81.